The van der Waals surface area contributed by atoms with Crippen LogP contribution in [0.25, 0.3) is 11.4 Å². The second-order valence-electron chi connectivity index (χ2n) is 12.3. The molecule has 5 aromatic rings. The quantitative estimate of drug-likeness (QED) is 0.0311. The molecule has 0 aliphatic carbocycles. The lowest BCUT2D eigenvalue weighted by Crippen LogP contribution is -2.30. The summed E-state index contributed by atoms with van der Waals surface area (Å²) in [6, 6.07) is 9.07. The molecule has 0 spiro atoms. The first-order valence-electron chi connectivity index (χ1n) is 17.2. The van der Waals surface area contributed by atoms with E-state index >= 15 is 0 Å². The van der Waals surface area contributed by atoms with E-state index in [4.69, 9.17) is 20.4 Å². The molecule has 0 bridgehead atoms. The number of oxime groups is 1. The Kier molecular flexibility index (Phi) is 14.4. The standard InChI is InChI=1S/C17H13F2N5O3.C15H15N5O3.C4H2F4O3/c1-8-4-9(2-3-20-8)16(25)22-11-7-26-12-5-10(6-21-13(11)12)15-23-17(14(18)19)27-24-15;1-8-4-9(2-3-17-8)15(21)19-11-7-23-12-5-10(14(16)20-22)6-18-13(11)12;5-1(6)3(9)11-4(10)2(7)8/h2-6,11,14H,7H2,1H3,(H,22,25);2-6,11,22H,7H2,1H3,(H2,16,20)(H,19,21);1-2H. The minimum Gasteiger partial charge on any atom is -0.489 e. The Labute approximate surface area is 338 Å². The number of nitrogens with one attached hydrogen (secondary N) is 2. The number of ether oxygens (including phenoxy) is 3. The highest BCUT2D eigenvalue weighted by Gasteiger charge is 2.30. The number of rotatable bonds is 9. The molecule has 5 aromatic heterocycles. The van der Waals surface area contributed by atoms with E-state index in [1.165, 1.54) is 12.4 Å². The minimum atomic E-state index is -3.57. The fraction of sp³-hybridized carbons (Fsp3) is 0.250. The Bertz CT molecular complexity index is 2420. The lowest BCUT2D eigenvalue weighted by Gasteiger charge is -2.11. The van der Waals surface area contributed by atoms with E-state index in [2.05, 4.69) is 55.1 Å². The Morgan fingerprint density at radius 1 is 0.770 bits per heavy atom. The lowest BCUT2D eigenvalue weighted by atomic mass is 10.1. The molecule has 0 aromatic carbocycles. The molecule has 2 atom stereocenters. The molecular weight excluding hydrogens is 830 g/mol. The van der Waals surface area contributed by atoms with Gasteiger partial charge in [-0.3, -0.25) is 29.5 Å². The molecule has 19 nitrogen and oxygen atoms in total. The molecule has 2 aliphatic rings. The summed E-state index contributed by atoms with van der Waals surface area (Å²) in [5.41, 5.74) is 10.0. The van der Waals surface area contributed by atoms with Gasteiger partial charge in [0.2, 0.25) is 5.82 Å². The first kappa shape index (κ1) is 44.4. The van der Waals surface area contributed by atoms with E-state index in [1.54, 1.807) is 55.7 Å². The highest BCUT2D eigenvalue weighted by atomic mass is 19.3. The fourth-order valence-corrected chi connectivity index (χ4v) is 5.20. The maximum absolute atomic E-state index is 12.6. The van der Waals surface area contributed by atoms with Gasteiger partial charge < -0.3 is 40.3 Å². The van der Waals surface area contributed by atoms with Crippen molar-refractivity contribution in [2.45, 2.75) is 45.2 Å². The van der Waals surface area contributed by atoms with Crippen LogP contribution < -0.4 is 25.8 Å². The second kappa shape index (κ2) is 19.8. The van der Waals surface area contributed by atoms with Gasteiger partial charge in [0.05, 0.1) is 0 Å². The van der Waals surface area contributed by atoms with Crippen molar-refractivity contribution in [3.63, 3.8) is 0 Å². The third kappa shape index (κ3) is 11.5. The number of carbonyl (C=O) groups is 4. The van der Waals surface area contributed by atoms with Crippen LogP contribution in [-0.2, 0) is 14.3 Å². The molecule has 25 heteroatoms. The fourth-order valence-electron chi connectivity index (χ4n) is 5.20. The summed E-state index contributed by atoms with van der Waals surface area (Å²) in [5, 5.41) is 20.9. The van der Waals surface area contributed by atoms with Crippen LogP contribution in [0.3, 0.4) is 0 Å². The average molecular weight is 861 g/mol. The summed E-state index contributed by atoms with van der Waals surface area (Å²) in [5.74, 6) is -4.92. The van der Waals surface area contributed by atoms with Crippen LogP contribution in [0.4, 0.5) is 26.3 Å². The predicted octanol–water partition coefficient (Wildman–Crippen LogP) is 3.97. The molecule has 0 radical (unpaired) electrons. The van der Waals surface area contributed by atoms with E-state index < -0.39 is 43.1 Å². The number of alkyl halides is 6. The van der Waals surface area contributed by atoms with Crippen molar-refractivity contribution < 1.29 is 69.5 Å². The molecular formula is C36H30F6N10O9. The van der Waals surface area contributed by atoms with Crippen LogP contribution in [0.5, 0.6) is 11.5 Å². The molecule has 0 saturated heterocycles. The third-order valence-electron chi connectivity index (χ3n) is 8.01. The number of hydrogen-bond acceptors (Lipinski definition) is 16. The second-order valence-corrected chi connectivity index (χ2v) is 12.3. The van der Waals surface area contributed by atoms with Gasteiger partial charge in [0.15, 0.2) is 5.84 Å². The number of amides is 2. The number of aryl methyl sites for hydroxylation is 2. The Hall–Kier alpha value is -7.73. The molecule has 5 N–H and O–H groups in total. The molecule has 0 fully saturated rings. The van der Waals surface area contributed by atoms with E-state index in [1.807, 2.05) is 6.92 Å². The highest BCUT2D eigenvalue weighted by Crippen LogP contribution is 2.34. The molecule has 2 amide bonds. The van der Waals surface area contributed by atoms with Crippen molar-refractivity contribution in [3.8, 4) is 22.9 Å². The van der Waals surface area contributed by atoms with Crippen molar-refractivity contribution in [2.75, 3.05) is 13.2 Å². The smallest absolute Gasteiger partial charge is 0.381 e. The molecule has 2 unspecified atom stereocenters. The zero-order chi connectivity index (χ0) is 44.4. The predicted molar refractivity (Wildman–Crippen MR) is 192 cm³/mol. The van der Waals surface area contributed by atoms with Crippen molar-refractivity contribution >= 4 is 29.6 Å². The topological polar surface area (TPSA) is 269 Å². The third-order valence-corrected chi connectivity index (χ3v) is 8.01. The average Bonchev–Trinajstić information content (AvgIpc) is 4.00. The Morgan fingerprint density at radius 3 is 1.74 bits per heavy atom. The lowest BCUT2D eigenvalue weighted by molar-refractivity contribution is -0.174. The van der Waals surface area contributed by atoms with Gasteiger partial charge in [0, 0.05) is 58.4 Å². The molecule has 0 saturated carbocycles. The summed E-state index contributed by atoms with van der Waals surface area (Å²) < 4.78 is 88.4. The summed E-state index contributed by atoms with van der Waals surface area (Å²) in [7, 11) is 0. The summed E-state index contributed by atoms with van der Waals surface area (Å²) in [6.45, 7) is 4.10. The van der Waals surface area contributed by atoms with Crippen LogP contribution in [-0.4, -0.2) is 90.9 Å². The van der Waals surface area contributed by atoms with E-state index in [0.29, 0.717) is 45.1 Å². The number of amidine groups is 1. The number of carbonyl (C=O) groups excluding carboxylic acids is 4. The first-order chi connectivity index (χ1) is 29.0. The number of fused-ring (bicyclic) bond motifs is 2. The van der Waals surface area contributed by atoms with Crippen LogP contribution in [0.15, 0.2) is 70.9 Å². The van der Waals surface area contributed by atoms with Gasteiger partial charge in [-0.05, 0) is 50.2 Å². The maximum atomic E-state index is 12.6. The largest absolute Gasteiger partial charge is 0.489 e. The van der Waals surface area contributed by atoms with Gasteiger partial charge in [-0.25, -0.2) is 9.59 Å². The molecule has 7 heterocycles. The number of nitrogens with zero attached hydrogens (tertiary/aromatic N) is 7. The van der Waals surface area contributed by atoms with Crippen LogP contribution in [0, 0.1) is 13.8 Å². The monoisotopic (exact) mass is 860 g/mol. The van der Waals surface area contributed by atoms with Gasteiger partial charge in [0.1, 0.15) is 48.2 Å². The van der Waals surface area contributed by atoms with Crippen molar-refractivity contribution in [1.29, 1.82) is 0 Å². The Morgan fingerprint density at radius 2 is 1.28 bits per heavy atom. The number of aromatic nitrogens is 6. The van der Waals surface area contributed by atoms with E-state index in [-0.39, 0.29) is 42.7 Å². The number of esters is 2. The molecule has 7 rings (SSSR count). The molecule has 61 heavy (non-hydrogen) atoms. The number of halogens is 6. The van der Waals surface area contributed by atoms with Gasteiger partial charge in [-0.2, -0.15) is 31.3 Å². The van der Waals surface area contributed by atoms with Gasteiger partial charge in [0.25, 0.3) is 17.7 Å². The molecule has 320 valence electrons. The number of hydrogen-bond donors (Lipinski definition) is 4. The van der Waals surface area contributed by atoms with E-state index in [9.17, 15) is 45.5 Å². The van der Waals surface area contributed by atoms with Crippen molar-refractivity contribution in [3.05, 3.63) is 107 Å². The SMILES string of the molecule is Cc1cc(C(=O)NC2COc3cc(-c4noc(C(F)F)n4)cnc32)ccn1.Cc1cc(C(=O)NC2COc3cc(C(N)=NO)cnc32)ccn1.O=C(OC(=O)C(F)F)C(F)F. The van der Waals surface area contributed by atoms with Crippen LogP contribution in [0.2, 0.25) is 0 Å². The van der Waals surface area contributed by atoms with Crippen molar-refractivity contribution in [1.82, 2.24) is 40.7 Å². The Balaban J connectivity index is 0.000000189. The van der Waals surface area contributed by atoms with Crippen molar-refractivity contribution in [2.24, 2.45) is 10.9 Å². The zero-order valence-electron chi connectivity index (χ0n) is 31.3. The maximum Gasteiger partial charge on any atom is 0.381 e. The number of pyridine rings is 4. The van der Waals surface area contributed by atoms with Crippen LogP contribution >= 0.6 is 0 Å². The zero-order valence-corrected chi connectivity index (χ0v) is 31.3. The summed E-state index contributed by atoms with van der Waals surface area (Å²) in [4.78, 5) is 64.4. The minimum absolute atomic E-state index is 0.0102. The van der Waals surface area contributed by atoms with Gasteiger partial charge in [-0.1, -0.05) is 10.3 Å². The normalized spacial score (nSPS) is 15.0. The highest BCUT2D eigenvalue weighted by molar-refractivity contribution is 5.97. The molecule has 2 aliphatic heterocycles. The van der Waals surface area contributed by atoms with Crippen LogP contribution in [0.1, 0.15) is 73.5 Å². The summed E-state index contributed by atoms with van der Waals surface area (Å²) >= 11 is 0. The van der Waals surface area contributed by atoms with Gasteiger partial charge in [-0.15, -0.1) is 0 Å². The van der Waals surface area contributed by atoms with E-state index in [0.717, 1.165) is 11.4 Å². The number of nitrogens with two attached hydrogens (primary N) is 1. The van der Waals surface area contributed by atoms with Gasteiger partial charge >= 0.3 is 31.2 Å². The summed E-state index contributed by atoms with van der Waals surface area (Å²) in [6.07, 6.45) is -3.95. The first-order valence-corrected chi connectivity index (χ1v) is 17.2.